The van der Waals surface area contributed by atoms with E-state index in [9.17, 15) is 13.2 Å². The third kappa shape index (κ3) is 3.67. The van der Waals surface area contributed by atoms with Crippen molar-refractivity contribution in [3.63, 3.8) is 0 Å². The minimum atomic E-state index is -3.10. The number of hydrogen-bond acceptors (Lipinski definition) is 3. The van der Waals surface area contributed by atoms with Crippen LogP contribution in [0.15, 0.2) is 0 Å². The van der Waals surface area contributed by atoms with Crippen LogP contribution in [0.5, 0.6) is 0 Å². The number of nitrogens with zero attached hydrogens (tertiary/aromatic N) is 2. The third-order valence-corrected chi connectivity index (χ3v) is 5.50. The first-order chi connectivity index (χ1) is 8.88. The van der Waals surface area contributed by atoms with Crippen molar-refractivity contribution in [1.82, 2.24) is 9.21 Å². The summed E-state index contributed by atoms with van der Waals surface area (Å²) in [5, 5.41) is 0. The van der Waals surface area contributed by atoms with Gasteiger partial charge in [0.05, 0.1) is 39.5 Å². The van der Waals surface area contributed by atoms with Gasteiger partial charge in [0, 0.05) is 19.0 Å². The Morgan fingerprint density at radius 3 is 2.11 bits per heavy atom. The fourth-order valence-corrected chi connectivity index (χ4v) is 3.68. The number of hydrogen-bond donors (Lipinski definition) is 1. The number of amides is 1. The lowest BCUT2D eigenvalue weighted by Crippen LogP contribution is -3.12. The van der Waals surface area contributed by atoms with Crippen LogP contribution in [0.3, 0.4) is 0 Å². The molecule has 0 saturated carbocycles. The zero-order chi connectivity index (χ0) is 14.0. The number of likely N-dealkylation sites (N-methyl/N-ethyl adjacent to an activating group) is 1. The number of piperidine rings is 1. The highest BCUT2D eigenvalue weighted by Crippen LogP contribution is 2.21. The molecule has 0 aromatic rings. The number of carbonyl (C=O) groups excluding carboxylic acids is 1. The highest BCUT2D eigenvalue weighted by Gasteiger charge is 2.32. The molecule has 0 aromatic carbocycles. The zero-order valence-electron chi connectivity index (χ0n) is 11.8. The van der Waals surface area contributed by atoms with Gasteiger partial charge in [0.15, 0.2) is 0 Å². The fraction of sp³-hybridized carbons (Fsp3) is 0.917. The Morgan fingerprint density at radius 2 is 1.63 bits per heavy atom. The lowest BCUT2D eigenvalue weighted by atomic mass is 9.96. The molecule has 2 rings (SSSR count). The Morgan fingerprint density at radius 1 is 1.11 bits per heavy atom. The first-order valence-corrected chi connectivity index (χ1v) is 8.78. The van der Waals surface area contributed by atoms with E-state index in [1.165, 1.54) is 15.5 Å². The average Bonchev–Trinajstić information content (AvgIpc) is 2.38. The SMILES string of the molecule is C[NH+]1CCN(C(=O)C2CCN(S(C)(=O)=O)CC2)CC1. The van der Waals surface area contributed by atoms with Crippen LogP contribution in [-0.4, -0.2) is 76.1 Å². The van der Waals surface area contributed by atoms with E-state index in [0.717, 1.165) is 26.2 Å². The molecule has 0 aromatic heterocycles. The molecule has 1 N–H and O–H groups in total. The van der Waals surface area contributed by atoms with E-state index in [1.54, 1.807) is 0 Å². The van der Waals surface area contributed by atoms with E-state index in [0.29, 0.717) is 25.9 Å². The molecule has 2 saturated heterocycles. The molecule has 1 amide bonds. The second-order valence-electron chi connectivity index (χ2n) is 5.72. The van der Waals surface area contributed by atoms with Crippen molar-refractivity contribution in [2.75, 3.05) is 52.6 Å². The van der Waals surface area contributed by atoms with Gasteiger partial charge in [0.25, 0.3) is 0 Å². The minimum Gasteiger partial charge on any atom is -0.334 e. The van der Waals surface area contributed by atoms with Crippen LogP contribution in [0.2, 0.25) is 0 Å². The molecule has 0 bridgehead atoms. The number of rotatable bonds is 2. The van der Waals surface area contributed by atoms with Crippen LogP contribution in [0.1, 0.15) is 12.8 Å². The van der Waals surface area contributed by atoms with Gasteiger partial charge >= 0.3 is 0 Å². The molecule has 0 atom stereocenters. The van der Waals surface area contributed by atoms with Crippen LogP contribution < -0.4 is 4.90 Å². The van der Waals surface area contributed by atoms with Gasteiger partial charge in [-0.15, -0.1) is 0 Å². The maximum atomic E-state index is 12.4. The summed E-state index contributed by atoms with van der Waals surface area (Å²) in [5.74, 6) is 0.233. The fourth-order valence-electron chi connectivity index (χ4n) is 2.80. The summed E-state index contributed by atoms with van der Waals surface area (Å²) in [6.45, 7) is 4.64. The number of carbonyl (C=O) groups is 1. The molecule has 7 heteroatoms. The van der Waals surface area contributed by atoms with Crippen molar-refractivity contribution in [3.8, 4) is 0 Å². The quantitative estimate of drug-likeness (QED) is 0.641. The van der Waals surface area contributed by atoms with Crippen LogP contribution >= 0.6 is 0 Å². The lowest BCUT2D eigenvalue weighted by Gasteiger charge is -2.35. The minimum absolute atomic E-state index is 0.0106. The number of quaternary nitrogens is 1. The number of sulfonamides is 1. The van der Waals surface area contributed by atoms with E-state index >= 15 is 0 Å². The van der Waals surface area contributed by atoms with Crippen molar-refractivity contribution in [1.29, 1.82) is 0 Å². The zero-order valence-corrected chi connectivity index (χ0v) is 12.6. The number of piperazine rings is 1. The summed E-state index contributed by atoms with van der Waals surface area (Å²) < 4.78 is 24.3. The van der Waals surface area contributed by atoms with Crippen molar-refractivity contribution in [2.45, 2.75) is 12.8 Å². The Labute approximate surface area is 115 Å². The molecule has 0 spiro atoms. The Kier molecular flexibility index (Phi) is 4.47. The predicted molar refractivity (Wildman–Crippen MR) is 72.3 cm³/mol. The van der Waals surface area contributed by atoms with E-state index < -0.39 is 10.0 Å². The van der Waals surface area contributed by atoms with Gasteiger partial charge in [0.1, 0.15) is 0 Å². The predicted octanol–water partition coefficient (Wildman–Crippen LogP) is -1.99. The van der Waals surface area contributed by atoms with Gasteiger partial charge in [-0.1, -0.05) is 0 Å². The molecular weight excluding hydrogens is 266 g/mol. The molecule has 2 aliphatic heterocycles. The van der Waals surface area contributed by atoms with E-state index in [2.05, 4.69) is 7.05 Å². The largest absolute Gasteiger partial charge is 0.334 e. The topological polar surface area (TPSA) is 62.1 Å². The van der Waals surface area contributed by atoms with Crippen molar-refractivity contribution in [3.05, 3.63) is 0 Å². The van der Waals surface area contributed by atoms with Crippen LogP contribution in [0, 0.1) is 5.92 Å². The Bertz CT molecular complexity index is 422. The van der Waals surface area contributed by atoms with Gasteiger partial charge in [-0.2, -0.15) is 0 Å². The van der Waals surface area contributed by atoms with Crippen molar-refractivity contribution in [2.24, 2.45) is 5.92 Å². The summed E-state index contributed by atoms with van der Waals surface area (Å²) >= 11 is 0. The van der Waals surface area contributed by atoms with Crippen molar-refractivity contribution < 1.29 is 18.1 Å². The lowest BCUT2D eigenvalue weighted by molar-refractivity contribution is -0.883. The maximum absolute atomic E-state index is 12.4. The molecular formula is C12H24N3O3S+. The van der Waals surface area contributed by atoms with Crippen molar-refractivity contribution >= 4 is 15.9 Å². The maximum Gasteiger partial charge on any atom is 0.226 e. The molecule has 19 heavy (non-hydrogen) atoms. The van der Waals surface area contributed by atoms with Gasteiger partial charge in [0.2, 0.25) is 15.9 Å². The smallest absolute Gasteiger partial charge is 0.226 e. The highest BCUT2D eigenvalue weighted by molar-refractivity contribution is 7.88. The molecule has 2 fully saturated rings. The van der Waals surface area contributed by atoms with E-state index in [1.807, 2.05) is 4.90 Å². The molecule has 110 valence electrons. The Hall–Kier alpha value is -0.660. The van der Waals surface area contributed by atoms with Crippen LogP contribution in [-0.2, 0) is 14.8 Å². The average molecular weight is 290 g/mol. The molecule has 0 unspecified atom stereocenters. The van der Waals surface area contributed by atoms with Gasteiger partial charge in [-0.05, 0) is 12.8 Å². The van der Waals surface area contributed by atoms with E-state index in [-0.39, 0.29) is 11.8 Å². The van der Waals surface area contributed by atoms with Gasteiger partial charge < -0.3 is 9.80 Å². The second-order valence-corrected chi connectivity index (χ2v) is 7.70. The summed E-state index contributed by atoms with van der Waals surface area (Å²) in [5.41, 5.74) is 0. The normalized spacial score (nSPS) is 24.6. The van der Waals surface area contributed by atoms with Gasteiger partial charge in [-0.3, -0.25) is 4.79 Å². The first kappa shape index (κ1) is 14.7. The molecule has 0 aliphatic carbocycles. The molecule has 0 radical (unpaired) electrons. The molecule has 2 aliphatic rings. The monoisotopic (exact) mass is 290 g/mol. The number of nitrogens with one attached hydrogen (secondary N) is 1. The summed E-state index contributed by atoms with van der Waals surface area (Å²) in [6, 6.07) is 0. The second kappa shape index (κ2) is 5.76. The molecule has 2 heterocycles. The third-order valence-electron chi connectivity index (χ3n) is 4.20. The van der Waals surface area contributed by atoms with Gasteiger partial charge in [-0.25, -0.2) is 12.7 Å². The van der Waals surface area contributed by atoms with E-state index in [4.69, 9.17) is 0 Å². The summed E-state index contributed by atoms with van der Waals surface area (Å²) in [7, 11) is -0.957. The van der Waals surface area contributed by atoms with Crippen LogP contribution in [0.25, 0.3) is 0 Å². The highest BCUT2D eigenvalue weighted by atomic mass is 32.2. The standard InChI is InChI=1S/C12H23N3O3S/c1-13-7-9-14(10-8-13)12(16)11-3-5-15(6-4-11)19(2,17)18/h11H,3-10H2,1-2H3/p+1. The first-order valence-electron chi connectivity index (χ1n) is 6.93. The Balaban J connectivity index is 1.86. The molecule has 6 nitrogen and oxygen atoms in total. The summed E-state index contributed by atoms with van der Waals surface area (Å²) in [6.07, 6.45) is 2.55. The summed E-state index contributed by atoms with van der Waals surface area (Å²) in [4.78, 5) is 15.8. The van der Waals surface area contributed by atoms with Crippen LogP contribution in [0.4, 0.5) is 0 Å².